The van der Waals surface area contributed by atoms with Crippen LogP contribution in [-0.4, -0.2) is 23.5 Å². The number of aryl methyl sites for hydroxylation is 1. The van der Waals surface area contributed by atoms with Crippen LogP contribution in [0, 0.1) is 0 Å². The first-order valence-corrected chi connectivity index (χ1v) is 7.67. The van der Waals surface area contributed by atoms with Gasteiger partial charge in [0.15, 0.2) is 0 Å². The van der Waals surface area contributed by atoms with Gasteiger partial charge in [-0.2, -0.15) is 0 Å². The topological polar surface area (TPSA) is 122 Å². The second kappa shape index (κ2) is 8.49. The maximum absolute atomic E-state index is 11.0. The number of anilines is 1. The summed E-state index contributed by atoms with van der Waals surface area (Å²) in [5.74, 6) is -0.882. The maximum Gasteiger partial charge on any atom is 0.316 e. The Bertz CT molecular complexity index is 790. The number of amides is 3. The van der Waals surface area contributed by atoms with Crippen LogP contribution in [0.2, 0.25) is 0 Å². The van der Waals surface area contributed by atoms with Crippen LogP contribution in [0.25, 0.3) is 11.1 Å². The zero-order valence-corrected chi connectivity index (χ0v) is 13.5. The molecule has 5 N–H and O–H groups in total. The number of urea groups is 1. The Morgan fingerprint density at radius 1 is 1.16 bits per heavy atom. The van der Waals surface area contributed by atoms with E-state index in [0.717, 1.165) is 22.3 Å². The maximum atomic E-state index is 11.0. The van der Waals surface area contributed by atoms with Crippen LogP contribution >= 0.6 is 0 Å². The third-order valence-electron chi connectivity index (χ3n) is 3.68. The number of rotatable bonds is 8. The number of carbonyl (C=O) groups excluding carboxylic acids is 2. The Morgan fingerprint density at radius 3 is 2.60 bits per heavy atom. The first-order valence-electron chi connectivity index (χ1n) is 7.67. The van der Waals surface area contributed by atoms with Gasteiger partial charge in [0.1, 0.15) is 0 Å². The summed E-state index contributed by atoms with van der Waals surface area (Å²) in [5.41, 5.74) is 9.06. The molecule has 0 aliphatic heterocycles. The van der Waals surface area contributed by atoms with Gasteiger partial charge in [-0.3, -0.25) is 9.59 Å². The van der Waals surface area contributed by atoms with Crippen molar-refractivity contribution in [1.29, 1.82) is 0 Å². The number of carbonyl (C=O) groups is 3. The smallest absolute Gasteiger partial charge is 0.316 e. The average molecular weight is 341 g/mol. The quantitative estimate of drug-likeness (QED) is 0.549. The van der Waals surface area contributed by atoms with E-state index in [1.54, 1.807) is 18.2 Å². The van der Waals surface area contributed by atoms with Crippen LogP contribution in [0.3, 0.4) is 0 Å². The molecule has 0 bridgehead atoms. The molecule has 3 amide bonds. The van der Waals surface area contributed by atoms with Gasteiger partial charge in [0.25, 0.3) is 0 Å². The van der Waals surface area contributed by atoms with Crippen molar-refractivity contribution in [3.8, 4) is 11.1 Å². The van der Waals surface area contributed by atoms with Gasteiger partial charge in [-0.25, -0.2) is 4.79 Å². The standard InChI is InChI=1S/C18H19N3O4/c19-18(25)21-14-5-1-4-13(9-14)15-6-2-3-12(7-8-17(23)24)16(15)10-20-11-22/h1-6,9,11H,7-8,10H2,(H,20,22)(H,23,24)(H3,19,21,25). The van der Waals surface area contributed by atoms with Crippen molar-refractivity contribution < 1.29 is 19.5 Å². The normalized spacial score (nSPS) is 10.1. The second-order valence-electron chi connectivity index (χ2n) is 5.41. The number of hydrogen-bond acceptors (Lipinski definition) is 3. The van der Waals surface area contributed by atoms with E-state index in [1.165, 1.54) is 0 Å². The monoisotopic (exact) mass is 341 g/mol. The fraction of sp³-hybridized carbons (Fsp3) is 0.167. The molecule has 0 spiro atoms. The second-order valence-corrected chi connectivity index (χ2v) is 5.41. The molecule has 2 aromatic rings. The van der Waals surface area contributed by atoms with Crippen LogP contribution < -0.4 is 16.4 Å². The van der Waals surface area contributed by atoms with Crippen LogP contribution in [0.5, 0.6) is 0 Å². The molecule has 0 fully saturated rings. The first-order chi connectivity index (χ1) is 12.0. The minimum Gasteiger partial charge on any atom is -0.481 e. The van der Waals surface area contributed by atoms with Crippen molar-refractivity contribution in [2.75, 3.05) is 5.32 Å². The molecule has 0 atom stereocenters. The predicted octanol–water partition coefficient (Wildman–Crippen LogP) is 2.11. The summed E-state index contributed by atoms with van der Waals surface area (Å²) in [7, 11) is 0. The molecule has 2 rings (SSSR count). The van der Waals surface area contributed by atoms with Gasteiger partial charge in [0.2, 0.25) is 6.41 Å². The highest BCUT2D eigenvalue weighted by atomic mass is 16.4. The highest BCUT2D eigenvalue weighted by Gasteiger charge is 2.12. The molecule has 25 heavy (non-hydrogen) atoms. The number of carboxylic acid groups (broad SMARTS) is 1. The Labute approximate surface area is 144 Å². The highest BCUT2D eigenvalue weighted by molar-refractivity contribution is 5.89. The lowest BCUT2D eigenvalue weighted by Crippen LogP contribution is -2.19. The Kier molecular flexibility index (Phi) is 6.11. The van der Waals surface area contributed by atoms with Gasteiger partial charge in [-0.15, -0.1) is 0 Å². The van der Waals surface area contributed by atoms with Gasteiger partial charge in [-0.05, 0) is 40.8 Å². The molecular weight excluding hydrogens is 322 g/mol. The Hall–Kier alpha value is -3.35. The van der Waals surface area contributed by atoms with E-state index in [9.17, 15) is 14.4 Å². The largest absolute Gasteiger partial charge is 0.481 e. The first kappa shape index (κ1) is 18.0. The average Bonchev–Trinajstić information content (AvgIpc) is 2.57. The lowest BCUT2D eigenvalue weighted by atomic mass is 9.93. The number of carboxylic acids is 1. The van der Waals surface area contributed by atoms with E-state index in [2.05, 4.69) is 10.6 Å². The lowest BCUT2D eigenvalue weighted by molar-refractivity contribution is -0.137. The van der Waals surface area contributed by atoms with Gasteiger partial charge in [0, 0.05) is 18.7 Å². The third kappa shape index (κ3) is 5.07. The summed E-state index contributed by atoms with van der Waals surface area (Å²) in [4.78, 5) is 32.6. The van der Waals surface area contributed by atoms with Gasteiger partial charge >= 0.3 is 12.0 Å². The van der Waals surface area contributed by atoms with Crippen molar-refractivity contribution >= 4 is 24.1 Å². The highest BCUT2D eigenvalue weighted by Crippen LogP contribution is 2.29. The van der Waals surface area contributed by atoms with E-state index in [1.807, 2.05) is 24.3 Å². The molecule has 0 radical (unpaired) electrons. The number of aliphatic carboxylic acids is 1. The molecule has 0 heterocycles. The van der Waals surface area contributed by atoms with Crippen LogP contribution in [0.1, 0.15) is 17.5 Å². The fourth-order valence-corrected chi connectivity index (χ4v) is 2.64. The van der Waals surface area contributed by atoms with E-state index >= 15 is 0 Å². The fourth-order valence-electron chi connectivity index (χ4n) is 2.64. The van der Waals surface area contributed by atoms with Gasteiger partial charge in [0.05, 0.1) is 0 Å². The van der Waals surface area contributed by atoms with Crippen molar-refractivity contribution in [2.24, 2.45) is 5.73 Å². The van der Waals surface area contributed by atoms with Crippen molar-refractivity contribution in [1.82, 2.24) is 5.32 Å². The number of nitrogens with two attached hydrogens (primary N) is 1. The molecule has 0 aliphatic rings. The van der Waals surface area contributed by atoms with Crippen molar-refractivity contribution in [3.05, 3.63) is 53.6 Å². The molecule has 0 aromatic heterocycles. The Balaban J connectivity index is 2.44. The van der Waals surface area contributed by atoms with E-state index in [0.29, 0.717) is 18.5 Å². The molecule has 130 valence electrons. The van der Waals surface area contributed by atoms with Crippen LogP contribution in [0.15, 0.2) is 42.5 Å². The molecule has 0 saturated heterocycles. The molecule has 0 unspecified atom stereocenters. The van der Waals surface area contributed by atoms with Crippen LogP contribution in [-0.2, 0) is 22.6 Å². The number of primary amides is 1. The van der Waals surface area contributed by atoms with Crippen molar-refractivity contribution in [3.63, 3.8) is 0 Å². The number of hydrogen-bond donors (Lipinski definition) is 4. The van der Waals surface area contributed by atoms with E-state index < -0.39 is 12.0 Å². The minimum absolute atomic E-state index is 0.000807. The third-order valence-corrected chi connectivity index (χ3v) is 3.68. The Morgan fingerprint density at radius 2 is 1.92 bits per heavy atom. The SMILES string of the molecule is NC(=O)Nc1cccc(-c2cccc(CCC(=O)O)c2CNC=O)c1. The van der Waals surface area contributed by atoms with E-state index in [4.69, 9.17) is 10.8 Å². The minimum atomic E-state index is -0.882. The van der Waals surface area contributed by atoms with Gasteiger partial charge < -0.3 is 21.5 Å². The molecule has 2 aromatic carbocycles. The zero-order chi connectivity index (χ0) is 18.2. The predicted molar refractivity (Wildman–Crippen MR) is 93.9 cm³/mol. The molecule has 0 aliphatic carbocycles. The summed E-state index contributed by atoms with van der Waals surface area (Å²) >= 11 is 0. The summed E-state index contributed by atoms with van der Waals surface area (Å²) in [6, 6.07) is 12.0. The summed E-state index contributed by atoms with van der Waals surface area (Å²) in [5, 5.41) is 14.1. The molecule has 0 saturated carbocycles. The number of benzene rings is 2. The molecular formula is C18H19N3O4. The molecule has 7 heteroatoms. The molecule has 7 nitrogen and oxygen atoms in total. The van der Waals surface area contributed by atoms with Crippen LogP contribution in [0.4, 0.5) is 10.5 Å². The van der Waals surface area contributed by atoms with Gasteiger partial charge in [-0.1, -0.05) is 30.3 Å². The summed E-state index contributed by atoms with van der Waals surface area (Å²) in [6.07, 6.45) is 0.960. The lowest BCUT2D eigenvalue weighted by Gasteiger charge is -2.15. The summed E-state index contributed by atoms with van der Waals surface area (Å²) in [6.45, 7) is 0.280. The van der Waals surface area contributed by atoms with Crippen molar-refractivity contribution in [2.45, 2.75) is 19.4 Å². The van der Waals surface area contributed by atoms with E-state index in [-0.39, 0.29) is 13.0 Å². The zero-order valence-electron chi connectivity index (χ0n) is 13.5. The number of nitrogens with one attached hydrogen (secondary N) is 2. The summed E-state index contributed by atoms with van der Waals surface area (Å²) < 4.78 is 0.